The lowest BCUT2D eigenvalue weighted by Gasteiger charge is -2.35. The lowest BCUT2D eigenvalue weighted by atomic mass is 10.0. The highest BCUT2D eigenvalue weighted by Gasteiger charge is 2.28. The molecule has 1 aliphatic heterocycles. The first-order valence-corrected chi connectivity index (χ1v) is 10.5. The van der Waals surface area contributed by atoms with E-state index >= 15 is 0 Å². The van der Waals surface area contributed by atoms with Crippen LogP contribution in [0.15, 0.2) is 36.7 Å². The summed E-state index contributed by atoms with van der Waals surface area (Å²) in [5.74, 6) is 0.754. The number of carbonyl (C=O) groups is 2. The molecule has 0 spiro atoms. The number of hydrogen-bond acceptors (Lipinski definition) is 5. The molecule has 7 heteroatoms. The van der Waals surface area contributed by atoms with Crippen LogP contribution in [0.5, 0.6) is 5.75 Å². The molecule has 0 saturated carbocycles. The van der Waals surface area contributed by atoms with Crippen LogP contribution >= 0.6 is 0 Å². The summed E-state index contributed by atoms with van der Waals surface area (Å²) in [5.41, 5.74) is 2.93. The molecule has 31 heavy (non-hydrogen) atoms. The molecule has 0 N–H and O–H groups in total. The van der Waals surface area contributed by atoms with Crippen LogP contribution in [0.3, 0.4) is 0 Å². The summed E-state index contributed by atoms with van der Waals surface area (Å²) in [7, 11) is 0. The first kappa shape index (κ1) is 22.6. The number of rotatable bonds is 4. The van der Waals surface area contributed by atoms with E-state index in [-0.39, 0.29) is 12.0 Å². The highest BCUT2D eigenvalue weighted by molar-refractivity contribution is 5.95. The van der Waals surface area contributed by atoms with Gasteiger partial charge in [-0.05, 0) is 63.9 Å². The van der Waals surface area contributed by atoms with Crippen LogP contribution in [0.1, 0.15) is 47.8 Å². The number of amides is 2. The SMILES string of the molecule is Cc1cc(C(=O)N2CCN(C(=O)OC(C)(C)C)CC2)cc(C)c1OCc1cccnc1. The van der Waals surface area contributed by atoms with E-state index in [9.17, 15) is 9.59 Å². The van der Waals surface area contributed by atoms with E-state index in [1.54, 1.807) is 22.2 Å². The lowest BCUT2D eigenvalue weighted by Crippen LogP contribution is -2.51. The zero-order valence-electron chi connectivity index (χ0n) is 19.0. The summed E-state index contributed by atoms with van der Waals surface area (Å²) in [5, 5.41) is 0. The highest BCUT2D eigenvalue weighted by atomic mass is 16.6. The summed E-state index contributed by atoms with van der Waals surface area (Å²) in [6.07, 6.45) is 3.18. The Morgan fingerprint density at radius 3 is 2.19 bits per heavy atom. The summed E-state index contributed by atoms with van der Waals surface area (Å²) < 4.78 is 11.4. The number of aryl methyl sites for hydroxylation is 2. The van der Waals surface area contributed by atoms with Gasteiger partial charge in [0.05, 0.1) is 0 Å². The van der Waals surface area contributed by atoms with Gasteiger partial charge in [0, 0.05) is 49.7 Å². The minimum Gasteiger partial charge on any atom is -0.488 e. The van der Waals surface area contributed by atoms with Crippen LogP contribution in [-0.4, -0.2) is 58.6 Å². The molecule has 166 valence electrons. The number of piperazine rings is 1. The van der Waals surface area contributed by atoms with E-state index in [2.05, 4.69) is 4.98 Å². The third-order valence-corrected chi connectivity index (χ3v) is 5.03. The second-order valence-corrected chi connectivity index (χ2v) is 8.85. The van der Waals surface area contributed by atoms with Gasteiger partial charge in [0.15, 0.2) is 0 Å². The first-order chi connectivity index (χ1) is 14.6. The van der Waals surface area contributed by atoms with Gasteiger partial charge in [-0.3, -0.25) is 9.78 Å². The molecule has 0 aliphatic carbocycles. The Labute approximate surface area is 184 Å². The Kier molecular flexibility index (Phi) is 6.83. The maximum absolute atomic E-state index is 13.0. The Morgan fingerprint density at radius 1 is 1.03 bits per heavy atom. The first-order valence-electron chi connectivity index (χ1n) is 10.5. The molecular formula is C24H31N3O4. The third kappa shape index (κ3) is 5.96. The fraction of sp³-hybridized carbons (Fsp3) is 0.458. The number of ether oxygens (including phenoxy) is 2. The van der Waals surface area contributed by atoms with Crippen LogP contribution in [0.25, 0.3) is 0 Å². The monoisotopic (exact) mass is 425 g/mol. The smallest absolute Gasteiger partial charge is 0.410 e. The molecular weight excluding hydrogens is 394 g/mol. The molecule has 1 aromatic carbocycles. The molecule has 7 nitrogen and oxygen atoms in total. The Bertz CT molecular complexity index is 907. The van der Waals surface area contributed by atoms with Crippen molar-refractivity contribution in [1.29, 1.82) is 0 Å². The van der Waals surface area contributed by atoms with E-state index in [0.29, 0.717) is 38.3 Å². The molecule has 0 radical (unpaired) electrons. The van der Waals surface area contributed by atoms with Crippen molar-refractivity contribution in [2.45, 2.75) is 46.8 Å². The molecule has 3 rings (SSSR count). The van der Waals surface area contributed by atoms with E-state index < -0.39 is 5.60 Å². The number of aromatic nitrogens is 1. The van der Waals surface area contributed by atoms with E-state index in [1.807, 2.05) is 58.9 Å². The van der Waals surface area contributed by atoms with E-state index in [4.69, 9.17) is 9.47 Å². The lowest BCUT2D eigenvalue weighted by molar-refractivity contribution is 0.0141. The van der Waals surface area contributed by atoms with Gasteiger partial charge in [-0.15, -0.1) is 0 Å². The maximum atomic E-state index is 13.0. The average molecular weight is 426 g/mol. The Hall–Kier alpha value is -3.09. The maximum Gasteiger partial charge on any atom is 0.410 e. The van der Waals surface area contributed by atoms with Gasteiger partial charge in [-0.25, -0.2) is 4.79 Å². The summed E-state index contributed by atoms with van der Waals surface area (Å²) in [6.45, 7) is 11.8. The summed E-state index contributed by atoms with van der Waals surface area (Å²) >= 11 is 0. The predicted octanol–water partition coefficient (Wildman–Crippen LogP) is 3.97. The molecule has 2 amide bonds. The number of carbonyl (C=O) groups excluding carboxylic acids is 2. The Morgan fingerprint density at radius 2 is 1.65 bits per heavy atom. The minimum absolute atomic E-state index is 0.0335. The van der Waals surface area contributed by atoms with Crippen molar-refractivity contribution >= 4 is 12.0 Å². The van der Waals surface area contributed by atoms with Crippen molar-refractivity contribution < 1.29 is 19.1 Å². The molecule has 2 aromatic rings. The van der Waals surface area contributed by atoms with Crippen molar-refractivity contribution in [3.05, 3.63) is 58.9 Å². The second kappa shape index (κ2) is 9.37. The minimum atomic E-state index is -0.528. The van der Waals surface area contributed by atoms with Crippen molar-refractivity contribution in [2.24, 2.45) is 0 Å². The van der Waals surface area contributed by atoms with Crippen LogP contribution in [0.4, 0.5) is 4.79 Å². The quantitative estimate of drug-likeness (QED) is 0.741. The van der Waals surface area contributed by atoms with Crippen molar-refractivity contribution in [1.82, 2.24) is 14.8 Å². The zero-order chi connectivity index (χ0) is 22.6. The third-order valence-electron chi connectivity index (χ3n) is 5.03. The van der Waals surface area contributed by atoms with Crippen LogP contribution in [-0.2, 0) is 11.3 Å². The van der Waals surface area contributed by atoms with Crippen LogP contribution < -0.4 is 4.74 Å². The molecule has 1 saturated heterocycles. The second-order valence-electron chi connectivity index (χ2n) is 8.85. The fourth-order valence-corrected chi connectivity index (χ4v) is 3.54. The van der Waals surface area contributed by atoms with E-state index in [1.165, 1.54) is 0 Å². The molecule has 2 heterocycles. The van der Waals surface area contributed by atoms with E-state index in [0.717, 1.165) is 22.4 Å². The predicted molar refractivity (Wildman–Crippen MR) is 118 cm³/mol. The van der Waals surface area contributed by atoms with Gasteiger partial charge in [0.1, 0.15) is 18.0 Å². The number of pyridine rings is 1. The Balaban J connectivity index is 1.61. The van der Waals surface area contributed by atoms with Crippen molar-refractivity contribution in [3.63, 3.8) is 0 Å². The average Bonchev–Trinajstić information content (AvgIpc) is 2.72. The summed E-state index contributed by atoms with van der Waals surface area (Å²) in [6, 6.07) is 7.58. The molecule has 1 fully saturated rings. The molecule has 1 aliphatic rings. The highest BCUT2D eigenvalue weighted by Crippen LogP contribution is 2.26. The molecule has 0 unspecified atom stereocenters. The topological polar surface area (TPSA) is 72.0 Å². The largest absolute Gasteiger partial charge is 0.488 e. The van der Waals surface area contributed by atoms with Gasteiger partial charge in [-0.1, -0.05) is 6.07 Å². The van der Waals surface area contributed by atoms with Crippen LogP contribution in [0, 0.1) is 13.8 Å². The molecule has 1 aromatic heterocycles. The molecule has 0 bridgehead atoms. The molecule has 0 atom stereocenters. The van der Waals surface area contributed by atoms with Gasteiger partial charge in [0.25, 0.3) is 5.91 Å². The zero-order valence-corrected chi connectivity index (χ0v) is 19.0. The van der Waals surface area contributed by atoms with Gasteiger partial charge >= 0.3 is 6.09 Å². The standard InChI is InChI=1S/C24H31N3O4/c1-17-13-20(14-18(2)21(17)30-16-19-7-6-8-25-15-19)22(28)26-9-11-27(12-10-26)23(29)31-24(3,4)5/h6-8,13-15H,9-12,16H2,1-5H3. The number of hydrogen-bond donors (Lipinski definition) is 0. The number of benzene rings is 1. The van der Waals surface area contributed by atoms with Crippen LogP contribution in [0.2, 0.25) is 0 Å². The van der Waals surface area contributed by atoms with Gasteiger partial charge in [-0.2, -0.15) is 0 Å². The van der Waals surface area contributed by atoms with Crippen molar-refractivity contribution in [2.75, 3.05) is 26.2 Å². The van der Waals surface area contributed by atoms with Gasteiger partial charge < -0.3 is 19.3 Å². The number of nitrogens with zero attached hydrogens (tertiary/aromatic N) is 3. The van der Waals surface area contributed by atoms with Crippen molar-refractivity contribution in [3.8, 4) is 5.75 Å². The van der Waals surface area contributed by atoms with Gasteiger partial charge in [0.2, 0.25) is 0 Å². The summed E-state index contributed by atoms with van der Waals surface area (Å²) in [4.78, 5) is 32.8. The fourth-order valence-electron chi connectivity index (χ4n) is 3.54. The normalized spacial score (nSPS) is 14.4.